The molecule has 3 heteroatoms. The van der Waals surface area contributed by atoms with Gasteiger partial charge in [-0.15, -0.1) is 0 Å². The van der Waals surface area contributed by atoms with Gasteiger partial charge in [-0.3, -0.25) is 5.32 Å². The van der Waals surface area contributed by atoms with E-state index in [0.717, 1.165) is 25.3 Å². The molecule has 0 heterocycles. The molecule has 2 atom stereocenters. The van der Waals surface area contributed by atoms with E-state index >= 15 is 0 Å². The van der Waals surface area contributed by atoms with Crippen molar-refractivity contribution in [2.45, 2.75) is 76.9 Å². The van der Waals surface area contributed by atoms with Crippen LogP contribution in [0.1, 0.15) is 59.3 Å². The number of nitrogens with zero attached hydrogens (tertiary/aromatic N) is 2. The fourth-order valence-electron chi connectivity index (χ4n) is 3.69. The second-order valence-electron chi connectivity index (χ2n) is 6.77. The number of nitriles is 1. The van der Waals surface area contributed by atoms with Crippen LogP contribution in [0.3, 0.4) is 0 Å². The molecule has 2 fully saturated rings. The summed E-state index contributed by atoms with van der Waals surface area (Å²) in [6.45, 7) is 8.92. The first kappa shape index (κ1) is 14.8. The van der Waals surface area contributed by atoms with Crippen LogP contribution in [0.15, 0.2) is 0 Å². The van der Waals surface area contributed by atoms with Crippen molar-refractivity contribution in [1.29, 1.82) is 5.26 Å². The molecule has 0 aromatic rings. The van der Waals surface area contributed by atoms with Gasteiger partial charge in [0.15, 0.2) is 0 Å². The molecule has 108 valence electrons. The fourth-order valence-corrected chi connectivity index (χ4v) is 3.69. The highest BCUT2D eigenvalue weighted by Gasteiger charge is 2.42. The molecule has 0 aliphatic heterocycles. The lowest BCUT2D eigenvalue weighted by atomic mass is 9.84. The first-order valence-electron chi connectivity index (χ1n) is 8.01. The van der Waals surface area contributed by atoms with Gasteiger partial charge in [-0.05, 0) is 58.4 Å². The maximum Gasteiger partial charge on any atom is 0.108 e. The van der Waals surface area contributed by atoms with Crippen LogP contribution >= 0.6 is 0 Å². The van der Waals surface area contributed by atoms with E-state index in [1.165, 1.54) is 32.2 Å². The summed E-state index contributed by atoms with van der Waals surface area (Å²) in [6.07, 6.45) is 7.43. The van der Waals surface area contributed by atoms with E-state index in [1.54, 1.807) is 0 Å². The number of hydrogen-bond acceptors (Lipinski definition) is 3. The van der Waals surface area contributed by atoms with Crippen LogP contribution in [-0.2, 0) is 0 Å². The first-order chi connectivity index (χ1) is 9.08. The van der Waals surface area contributed by atoms with Crippen molar-refractivity contribution in [3.63, 3.8) is 0 Å². The number of hydrogen-bond donors (Lipinski definition) is 1. The molecule has 0 aromatic carbocycles. The second-order valence-corrected chi connectivity index (χ2v) is 6.77. The molecule has 0 radical (unpaired) electrons. The van der Waals surface area contributed by atoms with Crippen LogP contribution < -0.4 is 5.32 Å². The van der Waals surface area contributed by atoms with Gasteiger partial charge in [0.1, 0.15) is 5.54 Å². The van der Waals surface area contributed by atoms with Crippen molar-refractivity contribution in [3.8, 4) is 6.07 Å². The van der Waals surface area contributed by atoms with Crippen molar-refractivity contribution in [3.05, 3.63) is 0 Å². The Morgan fingerprint density at radius 2 is 2.11 bits per heavy atom. The van der Waals surface area contributed by atoms with E-state index in [-0.39, 0.29) is 5.54 Å². The molecule has 2 saturated carbocycles. The Balaban J connectivity index is 1.92. The Hall–Kier alpha value is -0.590. The summed E-state index contributed by atoms with van der Waals surface area (Å²) >= 11 is 0. The van der Waals surface area contributed by atoms with Crippen LogP contribution in [0.4, 0.5) is 0 Å². The Kier molecular flexibility index (Phi) is 4.86. The molecular formula is C16H29N3. The van der Waals surface area contributed by atoms with Crippen molar-refractivity contribution in [1.82, 2.24) is 10.2 Å². The number of nitrogens with one attached hydrogen (secondary N) is 1. The van der Waals surface area contributed by atoms with Crippen molar-refractivity contribution in [2.75, 3.05) is 13.1 Å². The smallest absolute Gasteiger partial charge is 0.108 e. The molecule has 0 spiro atoms. The average molecular weight is 263 g/mol. The molecular weight excluding hydrogens is 234 g/mol. The molecule has 19 heavy (non-hydrogen) atoms. The van der Waals surface area contributed by atoms with Crippen LogP contribution in [0, 0.1) is 17.2 Å². The van der Waals surface area contributed by atoms with Crippen molar-refractivity contribution >= 4 is 0 Å². The Morgan fingerprint density at radius 3 is 2.58 bits per heavy atom. The third kappa shape index (κ3) is 3.49. The van der Waals surface area contributed by atoms with Crippen LogP contribution in [0.2, 0.25) is 0 Å². The Bertz CT molecular complexity index is 329. The summed E-state index contributed by atoms with van der Waals surface area (Å²) in [7, 11) is 0. The van der Waals surface area contributed by atoms with Crippen molar-refractivity contribution < 1.29 is 0 Å². The van der Waals surface area contributed by atoms with Crippen LogP contribution in [0.5, 0.6) is 0 Å². The molecule has 0 aromatic heterocycles. The third-order valence-electron chi connectivity index (χ3n) is 4.91. The largest absolute Gasteiger partial charge is 0.300 e. The van der Waals surface area contributed by atoms with E-state index in [2.05, 4.69) is 37.1 Å². The fraction of sp³-hybridized carbons (Fsp3) is 0.938. The molecule has 2 aliphatic rings. The molecule has 2 aliphatic carbocycles. The maximum absolute atomic E-state index is 9.55. The van der Waals surface area contributed by atoms with Gasteiger partial charge in [-0.25, -0.2) is 0 Å². The summed E-state index contributed by atoms with van der Waals surface area (Å²) in [5, 5.41) is 13.1. The minimum atomic E-state index is -0.272. The third-order valence-corrected chi connectivity index (χ3v) is 4.91. The van der Waals surface area contributed by atoms with E-state index in [1.807, 2.05) is 0 Å². The van der Waals surface area contributed by atoms with Crippen LogP contribution in [-0.4, -0.2) is 35.6 Å². The summed E-state index contributed by atoms with van der Waals surface area (Å²) in [5.41, 5.74) is -0.272. The zero-order valence-electron chi connectivity index (χ0n) is 12.8. The second kappa shape index (κ2) is 6.24. The SMILES string of the molecule is CCN(CC1CCC1)C1CCC(C#N)(NC(C)C)C1. The monoisotopic (exact) mass is 263 g/mol. The van der Waals surface area contributed by atoms with E-state index < -0.39 is 0 Å². The van der Waals surface area contributed by atoms with Gasteiger partial charge in [-0.2, -0.15) is 5.26 Å². The lowest BCUT2D eigenvalue weighted by Crippen LogP contribution is -2.47. The predicted molar refractivity (Wildman–Crippen MR) is 78.8 cm³/mol. The highest BCUT2D eigenvalue weighted by Crippen LogP contribution is 2.35. The lowest BCUT2D eigenvalue weighted by Gasteiger charge is -2.36. The number of rotatable bonds is 6. The molecule has 2 unspecified atom stereocenters. The Morgan fingerprint density at radius 1 is 1.37 bits per heavy atom. The normalized spacial score (nSPS) is 31.7. The van der Waals surface area contributed by atoms with Gasteiger partial charge < -0.3 is 4.90 Å². The molecule has 2 rings (SSSR count). The van der Waals surface area contributed by atoms with E-state index in [4.69, 9.17) is 0 Å². The molecule has 3 nitrogen and oxygen atoms in total. The van der Waals surface area contributed by atoms with Gasteiger partial charge in [0.2, 0.25) is 0 Å². The molecule has 0 saturated heterocycles. The highest BCUT2D eigenvalue weighted by molar-refractivity contribution is 5.14. The Labute approximate surface area is 118 Å². The quantitative estimate of drug-likeness (QED) is 0.801. The van der Waals surface area contributed by atoms with Crippen LogP contribution in [0.25, 0.3) is 0 Å². The summed E-state index contributed by atoms with van der Waals surface area (Å²) in [4.78, 5) is 2.63. The molecule has 1 N–H and O–H groups in total. The molecule has 0 amide bonds. The minimum Gasteiger partial charge on any atom is -0.300 e. The maximum atomic E-state index is 9.55. The average Bonchev–Trinajstić information content (AvgIpc) is 2.72. The first-order valence-corrected chi connectivity index (χ1v) is 8.01. The minimum absolute atomic E-state index is 0.272. The summed E-state index contributed by atoms with van der Waals surface area (Å²) in [6, 6.07) is 3.56. The van der Waals surface area contributed by atoms with Gasteiger partial charge in [-0.1, -0.05) is 13.3 Å². The summed E-state index contributed by atoms with van der Waals surface area (Å²) in [5.74, 6) is 0.926. The summed E-state index contributed by atoms with van der Waals surface area (Å²) < 4.78 is 0. The van der Waals surface area contributed by atoms with E-state index in [0.29, 0.717) is 12.1 Å². The zero-order valence-corrected chi connectivity index (χ0v) is 12.8. The highest BCUT2D eigenvalue weighted by atomic mass is 15.2. The van der Waals surface area contributed by atoms with Gasteiger partial charge in [0, 0.05) is 18.6 Å². The zero-order chi connectivity index (χ0) is 13.9. The standard InChI is InChI=1S/C16H29N3/c1-4-19(11-14-6-5-7-14)15-8-9-16(10-15,12-17)18-13(2)3/h13-15,18H,4-11H2,1-3H3. The topological polar surface area (TPSA) is 39.1 Å². The van der Waals surface area contributed by atoms with Gasteiger partial charge in [0.05, 0.1) is 6.07 Å². The molecule has 0 bridgehead atoms. The van der Waals surface area contributed by atoms with E-state index in [9.17, 15) is 5.26 Å². The lowest BCUT2D eigenvalue weighted by molar-refractivity contribution is 0.136. The van der Waals surface area contributed by atoms with Gasteiger partial charge in [0.25, 0.3) is 0 Å². The van der Waals surface area contributed by atoms with Gasteiger partial charge >= 0.3 is 0 Å². The van der Waals surface area contributed by atoms with Crippen molar-refractivity contribution in [2.24, 2.45) is 5.92 Å². The predicted octanol–water partition coefficient (Wildman–Crippen LogP) is 2.92.